The molecule has 1 saturated heterocycles. The molecule has 0 aliphatic carbocycles. The van der Waals surface area contributed by atoms with Crippen LogP contribution in [0.5, 0.6) is 0 Å². The van der Waals surface area contributed by atoms with Gasteiger partial charge in [-0.1, -0.05) is 29.8 Å². The Kier molecular flexibility index (Phi) is 5.91. The van der Waals surface area contributed by atoms with E-state index >= 15 is 0 Å². The van der Waals surface area contributed by atoms with Gasteiger partial charge in [0.15, 0.2) is 0 Å². The second kappa shape index (κ2) is 8.34. The summed E-state index contributed by atoms with van der Waals surface area (Å²) in [5.74, 6) is -0.166. The normalized spacial score (nSPS) is 14.4. The molecule has 0 saturated carbocycles. The predicted molar refractivity (Wildman–Crippen MR) is 99.6 cm³/mol. The van der Waals surface area contributed by atoms with Crippen LogP contribution in [0.25, 0.3) is 0 Å². The molecule has 0 spiro atoms. The minimum atomic E-state index is -0.166. The molecule has 6 heteroatoms. The van der Waals surface area contributed by atoms with Crippen LogP contribution < -0.4 is 10.2 Å². The number of para-hydroxylation sites is 1. The number of rotatable bonds is 5. The van der Waals surface area contributed by atoms with Crippen molar-refractivity contribution in [3.63, 3.8) is 0 Å². The molecule has 1 N–H and O–H groups in total. The fraction of sp³-hybridized carbons (Fsp3) is 0.316. The lowest BCUT2D eigenvalue weighted by molar-refractivity contribution is 0.102. The molecular formula is C19H21ClN2O3. The lowest BCUT2D eigenvalue weighted by Gasteiger charge is -2.31. The van der Waals surface area contributed by atoms with Crippen molar-refractivity contribution < 1.29 is 14.3 Å². The Hall–Kier alpha value is -2.08. The number of hydrogen-bond donors (Lipinski definition) is 1. The molecule has 132 valence electrons. The molecule has 0 bridgehead atoms. The second-order valence-corrected chi connectivity index (χ2v) is 6.23. The molecule has 1 fully saturated rings. The van der Waals surface area contributed by atoms with Crippen LogP contribution in [0.3, 0.4) is 0 Å². The Morgan fingerprint density at radius 2 is 1.92 bits per heavy atom. The zero-order chi connectivity index (χ0) is 17.6. The van der Waals surface area contributed by atoms with Crippen LogP contribution in [0.4, 0.5) is 11.4 Å². The number of hydrogen-bond acceptors (Lipinski definition) is 4. The van der Waals surface area contributed by atoms with Crippen LogP contribution in [0.15, 0.2) is 42.5 Å². The lowest BCUT2D eigenvalue weighted by atomic mass is 10.1. The first-order valence-corrected chi connectivity index (χ1v) is 8.57. The highest BCUT2D eigenvalue weighted by molar-refractivity contribution is 6.34. The highest BCUT2D eigenvalue weighted by Crippen LogP contribution is 2.34. The SMILES string of the molecule is COCc1ccc(C(=O)Nc2cccc(Cl)c2N2CCOCC2)cc1. The van der Waals surface area contributed by atoms with E-state index in [4.69, 9.17) is 21.1 Å². The molecule has 0 aromatic heterocycles. The predicted octanol–water partition coefficient (Wildman–Crippen LogP) is 3.58. The van der Waals surface area contributed by atoms with E-state index < -0.39 is 0 Å². The first-order chi connectivity index (χ1) is 12.2. The van der Waals surface area contributed by atoms with Gasteiger partial charge >= 0.3 is 0 Å². The van der Waals surface area contributed by atoms with Crippen molar-refractivity contribution in [2.75, 3.05) is 43.6 Å². The molecule has 2 aromatic carbocycles. The van der Waals surface area contributed by atoms with Crippen molar-refractivity contribution in [3.05, 3.63) is 58.6 Å². The minimum Gasteiger partial charge on any atom is -0.380 e. The molecule has 25 heavy (non-hydrogen) atoms. The van der Waals surface area contributed by atoms with Gasteiger partial charge in [-0.25, -0.2) is 0 Å². The molecule has 0 radical (unpaired) electrons. The monoisotopic (exact) mass is 360 g/mol. The van der Waals surface area contributed by atoms with Crippen LogP contribution in [-0.2, 0) is 16.1 Å². The van der Waals surface area contributed by atoms with E-state index in [1.54, 1.807) is 19.2 Å². The van der Waals surface area contributed by atoms with Crippen molar-refractivity contribution in [2.24, 2.45) is 0 Å². The first-order valence-electron chi connectivity index (χ1n) is 8.19. The van der Waals surface area contributed by atoms with E-state index in [-0.39, 0.29) is 5.91 Å². The van der Waals surface area contributed by atoms with Crippen LogP contribution in [-0.4, -0.2) is 39.3 Å². The summed E-state index contributed by atoms with van der Waals surface area (Å²) < 4.78 is 10.5. The van der Waals surface area contributed by atoms with Gasteiger partial charge in [-0.3, -0.25) is 4.79 Å². The van der Waals surface area contributed by atoms with Gasteiger partial charge in [-0.05, 0) is 29.8 Å². The first kappa shape index (κ1) is 17.7. The summed E-state index contributed by atoms with van der Waals surface area (Å²) in [4.78, 5) is 14.7. The quantitative estimate of drug-likeness (QED) is 0.885. The largest absolute Gasteiger partial charge is 0.380 e. The third kappa shape index (κ3) is 4.31. The maximum Gasteiger partial charge on any atom is 0.255 e. The summed E-state index contributed by atoms with van der Waals surface area (Å²) in [5.41, 5.74) is 3.17. The van der Waals surface area contributed by atoms with Crippen molar-refractivity contribution in [1.82, 2.24) is 0 Å². The van der Waals surface area contributed by atoms with Crippen LogP contribution in [0.1, 0.15) is 15.9 Å². The van der Waals surface area contributed by atoms with Crippen molar-refractivity contribution >= 4 is 28.9 Å². The number of methoxy groups -OCH3 is 1. The third-order valence-electron chi connectivity index (χ3n) is 4.09. The number of carbonyl (C=O) groups excluding carboxylic acids is 1. The maximum absolute atomic E-state index is 12.6. The van der Waals surface area contributed by atoms with E-state index in [2.05, 4.69) is 10.2 Å². The molecule has 2 aromatic rings. The number of benzene rings is 2. The number of anilines is 2. The number of ether oxygens (including phenoxy) is 2. The summed E-state index contributed by atoms with van der Waals surface area (Å²) in [6, 6.07) is 12.9. The van der Waals surface area contributed by atoms with Crippen molar-refractivity contribution in [3.8, 4) is 0 Å². The summed E-state index contributed by atoms with van der Waals surface area (Å²) in [6.45, 7) is 3.33. The Bertz CT molecular complexity index is 728. The Balaban J connectivity index is 1.80. The van der Waals surface area contributed by atoms with Crippen LogP contribution in [0.2, 0.25) is 5.02 Å². The summed E-state index contributed by atoms with van der Waals surface area (Å²) in [7, 11) is 1.65. The van der Waals surface area contributed by atoms with Gasteiger partial charge in [0.1, 0.15) is 0 Å². The molecule has 0 unspecified atom stereocenters. The Morgan fingerprint density at radius 1 is 1.20 bits per heavy atom. The molecule has 1 amide bonds. The Morgan fingerprint density at radius 3 is 2.60 bits per heavy atom. The van der Waals surface area contributed by atoms with E-state index in [9.17, 15) is 4.79 Å². The topological polar surface area (TPSA) is 50.8 Å². The lowest BCUT2D eigenvalue weighted by Crippen LogP contribution is -2.37. The number of nitrogens with one attached hydrogen (secondary N) is 1. The summed E-state index contributed by atoms with van der Waals surface area (Å²) in [6.07, 6.45) is 0. The minimum absolute atomic E-state index is 0.166. The van der Waals surface area contributed by atoms with Gasteiger partial charge < -0.3 is 19.7 Å². The van der Waals surface area contributed by atoms with E-state index in [0.717, 1.165) is 24.3 Å². The van der Waals surface area contributed by atoms with Crippen LogP contribution >= 0.6 is 11.6 Å². The van der Waals surface area contributed by atoms with Crippen molar-refractivity contribution in [1.29, 1.82) is 0 Å². The molecule has 3 rings (SSSR count). The average molecular weight is 361 g/mol. The van der Waals surface area contributed by atoms with E-state index in [1.807, 2.05) is 30.3 Å². The van der Waals surface area contributed by atoms with Gasteiger partial charge in [0.25, 0.3) is 5.91 Å². The standard InChI is InChI=1S/C19H21ClN2O3/c1-24-13-14-5-7-15(8-6-14)19(23)21-17-4-2-3-16(20)18(17)22-9-11-25-12-10-22/h2-8H,9-13H2,1H3,(H,21,23). The zero-order valence-electron chi connectivity index (χ0n) is 14.1. The molecular weight excluding hydrogens is 340 g/mol. The van der Waals surface area contributed by atoms with Gasteiger partial charge in [0.05, 0.1) is 36.2 Å². The number of amides is 1. The number of carbonyl (C=O) groups is 1. The molecule has 1 aliphatic rings. The van der Waals surface area contributed by atoms with Crippen molar-refractivity contribution in [2.45, 2.75) is 6.61 Å². The van der Waals surface area contributed by atoms with Gasteiger partial charge in [-0.15, -0.1) is 0 Å². The highest BCUT2D eigenvalue weighted by Gasteiger charge is 2.19. The van der Waals surface area contributed by atoms with Gasteiger partial charge in [-0.2, -0.15) is 0 Å². The number of morpholine rings is 1. The number of halogens is 1. The smallest absolute Gasteiger partial charge is 0.255 e. The fourth-order valence-corrected chi connectivity index (χ4v) is 3.13. The fourth-order valence-electron chi connectivity index (χ4n) is 2.84. The maximum atomic E-state index is 12.6. The summed E-state index contributed by atoms with van der Waals surface area (Å²) >= 11 is 6.40. The third-order valence-corrected chi connectivity index (χ3v) is 4.39. The summed E-state index contributed by atoms with van der Waals surface area (Å²) in [5, 5.41) is 3.60. The molecule has 1 aliphatic heterocycles. The van der Waals surface area contributed by atoms with E-state index in [1.165, 1.54) is 0 Å². The average Bonchev–Trinajstić information content (AvgIpc) is 2.63. The molecule has 1 heterocycles. The number of nitrogens with zero attached hydrogens (tertiary/aromatic N) is 1. The Labute approximate surface area is 152 Å². The molecule has 0 atom stereocenters. The second-order valence-electron chi connectivity index (χ2n) is 5.82. The zero-order valence-corrected chi connectivity index (χ0v) is 14.9. The van der Waals surface area contributed by atoms with Gasteiger partial charge in [0, 0.05) is 25.8 Å². The van der Waals surface area contributed by atoms with Crippen LogP contribution in [0, 0.1) is 0 Å². The van der Waals surface area contributed by atoms with E-state index in [0.29, 0.717) is 36.1 Å². The highest BCUT2D eigenvalue weighted by atomic mass is 35.5. The molecule has 5 nitrogen and oxygen atoms in total. The van der Waals surface area contributed by atoms with Gasteiger partial charge in [0.2, 0.25) is 0 Å².